The highest BCUT2D eigenvalue weighted by Gasteiger charge is 2.28. The van der Waals surface area contributed by atoms with Crippen LogP contribution in [0.2, 0.25) is 0 Å². The van der Waals surface area contributed by atoms with Gasteiger partial charge in [0.1, 0.15) is 0 Å². The summed E-state index contributed by atoms with van der Waals surface area (Å²) in [5.41, 5.74) is 5.87. The summed E-state index contributed by atoms with van der Waals surface area (Å²) in [5.74, 6) is 0.582. The molecule has 0 unspecified atom stereocenters. The fraction of sp³-hybridized carbons (Fsp3) is 0.923. The lowest BCUT2D eigenvalue weighted by Crippen LogP contribution is -2.29. The molecule has 0 aliphatic heterocycles. The van der Waals surface area contributed by atoms with E-state index in [1.165, 1.54) is 0 Å². The molecule has 2 saturated carbocycles. The van der Waals surface area contributed by atoms with Gasteiger partial charge in [-0.2, -0.15) is 0 Å². The summed E-state index contributed by atoms with van der Waals surface area (Å²) in [4.78, 5) is 15.2. The van der Waals surface area contributed by atoms with E-state index in [0.717, 1.165) is 38.5 Å². The van der Waals surface area contributed by atoms with E-state index in [9.17, 15) is 10.1 Å². The predicted molar refractivity (Wildman–Crippen MR) is 71.5 cm³/mol. The van der Waals surface area contributed by atoms with Crippen molar-refractivity contribution in [3.05, 3.63) is 10.1 Å². The number of hydrogen-bond donors (Lipinski definition) is 1. The summed E-state index contributed by atoms with van der Waals surface area (Å²) in [6, 6.07) is 0.367. The van der Waals surface area contributed by atoms with E-state index in [4.69, 9.17) is 5.73 Å². The maximum absolute atomic E-state index is 10.7. The zero-order valence-corrected chi connectivity index (χ0v) is 10.8. The molecule has 0 aromatic rings. The van der Waals surface area contributed by atoms with Crippen LogP contribution in [0, 0.1) is 16.0 Å². The molecular formula is C13H23N3O2. The van der Waals surface area contributed by atoms with Crippen LogP contribution >= 0.6 is 0 Å². The highest BCUT2D eigenvalue weighted by atomic mass is 16.6. The zero-order valence-electron chi connectivity index (χ0n) is 10.8. The smallest absolute Gasteiger partial charge is 0.213 e. The van der Waals surface area contributed by atoms with Gasteiger partial charge in [-0.05, 0) is 44.4 Å². The lowest BCUT2D eigenvalue weighted by molar-refractivity contribution is -0.526. The average molecular weight is 253 g/mol. The van der Waals surface area contributed by atoms with Crippen LogP contribution in [0.3, 0.4) is 0 Å². The number of nitro groups is 1. The normalized spacial score (nSPS) is 37.8. The van der Waals surface area contributed by atoms with Gasteiger partial charge in [0.25, 0.3) is 0 Å². The topological polar surface area (TPSA) is 81.5 Å². The van der Waals surface area contributed by atoms with E-state index < -0.39 is 0 Å². The lowest BCUT2D eigenvalue weighted by Gasteiger charge is -2.24. The number of nitrogens with two attached hydrogens (primary N) is 1. The summed E-state index contributed by atoms with van der Waals surface area (Å²) in [6.07, 6.45) is 9.71. The minimum atomic E-state index is -0.330. The third-order valence-electron chi connectivity index (χ3n) is 4.29. The lowest BCUT2D eigenvalue weighted by atomic mass is 9.87. The third-order valence-corrected chi connectivity index (χ3v) is 4.29. The molecule has 2 aliphatic rings. The predicted octanol–water partition coefficient (Wildman–Crippen LogP) is 2.16. The average Bonchev–Trinajstić information content (AvgIpc) is 2.38. The summed E-state index contributed by atoms with van der Waals surface area (Å²) in [6.45, 7) is 0. The van der Waals surface area contributed by atoms with Gasteiger partial charge in [-0.1, -0.05) is 0 Å². The van der Waals surface area contributed by atoms with E-state index in [1.54, 1.807) is 0 Å². The van der Waals surface area contributed by atoms with E-state index in [0.29, 0.717) is 30.8 Å². The Morgan fingerprint density at radius 2 is 1.67 bits per heavy atom. The second-order valence-corrected chi connectivity index (χ2v) is 5.72. The molecule has 0 atom stereocenters. The van der Waals surface area contributed by atoms with E-state index in [-0.39, 0.29) is 11.0 Å². The van der Waals surface area contributed by atoms with Gasteiger partial charge >= 0.3 is 0 Å². The molecule has 0 bridgehead atoms. The standard InChI is InChI=1S/C13H23N3O2/c14-11-3-1-10(2-4-11)9-15-12-5-7-13(8-6-12)16(17)18/h9-13H,1-8,14H2. The minimum absolute atomic E-state index is 0.136. The van der Waals surface area contributed by atoms with Crippen molar-refractivity contribution < 1.29 is 4.92 Å². The van der Waals surface area contributed by atoms with E-state index in [2.05, 4.69) is 11.2 Å². The van der Waals surface area contributed by atoms with Crippen molar-refractivity contribution in [2.24, 2.45) is 16.6 Å². The number of hydrogen-bond acceptors (Lipinski definition) is 4. The van der Waals surface area contributed by atoms with E-state index >= 15 is 0 Å². The Kier molecular flexibility index (Phi) is 4.69. The Morgan fingerprint density at radius 1 is 1.06 bits per heavy atom. The Hall–Kier alpha value is -0.970. The van der Waals surface area contributed by atoms with Gasteiger partial charge in [0.2, 0.25) is 6.04 Å². The first-order valence-corrected chi connectivity index (χ1v) is 7.07. The maximum Gasteiger partial charge on any atom is 0.213 e. The summed E-state index contributed by atoms with van der Waals surface area (Å²) in [5, 5.41) is 10.7. The molecule has 0 radical (unpaired) electrons. The van der Waals surface area contributed by atoms with Crippen LogP contribution in [0.15, 0.2) is 4.99 Å². The molecule has 0 saturated heterocycles. The second kappa shape index (κ2) is 6.27. The molecule has 102 valence electrons. The van der Waals surface area contributed by atoms with Crippen molar-refractivity contribution in [1.82, 2.24) is 0 Å². The monoisotopic (exact) mass is 253 g/mol. The molecule has 5 heteroatoms. The Labute approximate surface area is 108 Å². The fourth-order valence-corrected chi connectivity index (χ4v) is 2.96. The van der Waals surface area contributed by atoms with Gasteiger partial charge in [0, 0.05) is 30.0 Å². The molecule has 2 N–H and O–H groups in total. The molecule has 2 aliphatic carbocycles. The molecule has 0 heterocycles. The van der Waals surface area contributed by atoms with Crippen LogP contribution in [0.25, 0.3) is 0 Å². The second-order valence-electron chi connectivity index (χ2n) is 5.72. The first-order chi connectivity index (χ1) is 8.65. The van der Waals surface area contributed by atoms with Crippen LogP contribution < -0.4 is 5.73 Å². The molecule has 0 amide bonds. The molecule has 2 rings (SSSR count). The van der Waals surface area contributed by atoms with Crippen molar-refractivity contribution >= 4 is 6.21 Å². The zero-order chi connectivity index (χ0) is 13.0. The molecule has 5 nitrogen and oxygen atoms in total. The highest BCUT2D eigenvalue weighted by molar-refractivity contribution is 5.61. The Morgan fingerprint density at radius 3 is 2.22 bits per heavy atom. The Balaban J connectivity index is 1.72. The van der Waals surface area contributed by atoms with Gasteiger partial charge in [-0.3, -0.25) is 15.1 Å². The van der Waals surface area contributed by atoms with Crippen molar-refractivity contribution in [3.63, 3.8) is 0 Å². The van der Waals surface area contributed by atoms with Crippen LogP contribution in [0.5, 0.6) is 0 Å². The fourth-order valence-electron chi connectivity index (χ4n) is 2.96. The van der Waals surface area contributed by atoms with Crippen molar-refractivity contribution in [2.75, 3.05) is 0 Å². The van der Waals surface area contributed by atoms with Crippen molar-refractivity contribution in [3.8, 4) is 0 Å². The van der Waals surface area contributed by atoms with Crippen LogP contribution in [0.4, 0.5) is 0 Å². The summed E-state index contributed by atoms with van der Waals surface area (Å²) < 4.78 is 0. The summed E-state index contributed by atoms with van der Waals surface area (Å²) >= 11 is 0. The van der Waals surface area contributed by atoms with Crippen LogP contribution in [0.1, 0.15) is 51.4 Å². The third kappa shape index (κ3) is 3.77. The molecule has 0 spiro atoms. The SMILES string of the molecule is NC1CCC(C=NC2CCC([N+](=O)[O-])CC2)CC1. The minimum Gasteiger partial charge on any atom is -0.328 e. The van der Waals surface area contributed by atoms with Crippen molar-refractivity contribution in [1.29, 1.82) is 0 Å². The molecule has 2 fully saturated rings. The van der Waals surface area contributed by atoms with Gasteiger partial charge < -0.3 is 5.73 Å². The molecule has 18 heavy (non-hydrogen) atoms. The number of rotatable bonds is 3. The number of nitrogens with zero attached hydrogens (tertiary/aromatic N) is 2. The highest BCUT2D eigenvalue weighted by Crippen LogP contribution is 2.25. The summed E-state index contributed by atoms with van der Waals surface area (Å²) in [7, 11) is 0. The first-order valence-electron chi connectivity index (χ1n) is 7.07. The van der Waals surface area contributed by atoms with Crippen LogP contribution in [-0.2, 0) is 0 Å². The van der Waals surface area contributed by atoms with Crippen LogP contribution in [-0.4, -0.2) is 29.3 Å². The van der Waals surface area contributed by atoms with Gasteiger partial charge in [0.15, 0.2) is 0 Å². The molecule has 0 aromatic heterocycles. The quantitative estimate of drug-likeness (QED) is 0.475. The van der Waals surface area contributed by atoms with Gasteiger partial charge in [0.05, 0.1) is 6.04 Å². The van der Waals surface area contributed by atoms with Gasteiger partial charge in [-0.25, -0.2) is 0 Å². The largest absolute Gasteiger partial charge is 0.328 e. The van der Waals surface area contributed by atoms with Gasteiger partial charge in [-0.15, -0.1) is 0 Å². The maximum atomic E-state index is 10.7. The van der Waals surface area contributed by atoms with E-state index in [1.807, 2.05) is 0 Å². The Bertz CT molecular complexity index is 303. The molecular weight excluding hydrogens is 230 g/mol. The molecule has 0 aromatic carbocycles. The number of aliphatic imine (C=N–C) groups is 1. The first kappa shape index (κ1) is 13.5. The van der Waals surface area contributed by atoms with Crippen molar-refractivity contribution in [2.45, 2.75) is 69.5 Å².